The van der Waals surface area contributed by atoms with Crippen molar-refractivity contribution in [2.75, 3.05) is 13.7 Å². The summed E-state index contributed by atoms with van der Waals surface area (Å²) in [5.41, 5.74) is 1.04. The highest BCUT2D eigenvalue weighted by atomic mass is 16.5. The summed E-state index contributed by atoms with van der Waals surface area (Å²) >= 11 is 0. The van der Waals surface area contributed by atoms with E-state index in [9.17, 15) is 9.59 Å². The molecule has 0 bridgehead atoms. The first kappa shape index (κ1) is 12.2. The van der Waals surface area contributed by atoms with Crippen molar-refractivity contribution in [1.82, 2.24) is 0 Å². The van der Waals surface area contributed by atoms with Crippen LogP contribution in [0.15, 0.2) is 18.2 Å². The minimum absolute atomic E-state index is 0.179. The molecule has 4 nitrogen and oxygen atoms in total. The van der Waals surface area contributed by atoms with Gasteiger partial charge in [-0.15, -0.1) is 0 Å². The SMILES string of the molecule is CCOC(=O)C(=O)c1cccc(C)c1OC. The summed E-state index contributed by atoms with van der Waals surface area (Å²) < 4.78 is 9.75. The van der Waals surface area contributed by atoms with E-state index in [4.69, 9.17) is 4.74 Å². The lowest BCUT2D eigenvalue weighted by Crippen LogP contribution is -2.18. The average Bonchev–Trinajstić information content (AvgIpc) is 2.28. The van der Waals surface area contributed by atoms with Gasteiger partial charge in [0, 0.05) is 0 Å². The number of Topliss-reactive ketones (excluding diaryl/α,β-unsaturated/α-hetero) is 1. The molecule has 1 aromatic carbocycles. The van der Waals surface area contributed by atoms with Crippen molar-refractivity contribution >= 4 is 11.8 Å². The van der Waals surface area contributed by atoms with Crippen molar-refractivity contribution in [3.8, 4) is 5.75 Å². The molecule has 0 aromatic heterocycles. The fourth-order valence-electron chi connectivity index (χ4n) is 1.41. The third-order valence-corrected chi connectivity index (χ3v) is 2.12. The van der Waals surface area contributed by atoms with E-state index in [0.717, 1.165) is 5.56 Å². The van der Waals surface area contributed by atoms with Crippen LogP contribution in [0.25, 0.3) is 0 Å². The summed E-state index contributed by atoms with van der Waals surface area (Å²) in [4.78, 5) is 23.0. The number of benzene rings is 1. The Hall–Kier alpha value is -1.84. The second-order valence-corrected chi connectivity index (χ2v) is 3.21. The van der Waals surface area contributed by atoms with Crippen molar-refractivity contribution in [3.63, 3.8) is 0 Å². The molecule has 86 valence electrons. The Bertz CT molecular complexity index is 409. The van der Waals surface area contributed by atoms with Crippen LogP contribution >= 0.6 is 0 Å². The highest BCUT2D eigenvalue weighted by Crippen LogP contribution is 2.23. The number of methoxy groups -OCH3 is 1. The molecule has 0 aliphatic heterocycles. The van der Waals surface area contributed by atoms with Crippen molar-refractivity contribution in [2.24, 2.45) is 0 Å². The maximum atomic E-state index is 11.7. The summed E-state index contributed by atoms with van der Waals surface area (Å²) in [6.45, 7) is 3.64. The van der Waals surface area contributed by atoms with Gasteiger partial charge < -0.3 is 9.47 Å². The van der Waals surface area contributed by atoms with Gasteiger partial charge in [-0.25, -0.2) is 4.79 Å². The molecule has 4 heteroatoms. The van der Waals surface area contributed by atoms with E-state index in [2.05, 4.69) is 4.74 Å². The van der Waals surface area contributed by atoms with Crippen LogP contribution in [0, 0.1) is 6.92 Å². The third-order valence-electron chi connectivity index (χ3n) is 2.12. The molecule has 0 amide bonds. The smallest absolute Gasteiger partial charge is 0.379 e. The van der Waals surface area contributed by atoms with Crippen LogP contribution in [0.3, 0.4) is 0 Å². The number of rotatable bonds is 4. The number of ether oxygens (including phenoxy) is 2. The zero-order valence-electron chi connectivity index (χ0n) is 9.57. The minimum Gasteiger partial charge on any atom is -0.496 e. The van der Waals surface area contributed by atoms with Gasteiger partial charge in [0.1, 0.15) is 5.75 Å². The first-order chi connectivity index (χ1) is 7.61. The maximum absolute atomic E-state index is 11.7. The number of aryl methyl sites for hydroxylation is 1. The number of hydrogen-bond acceptors (Lipinski definition) is 4. The lowest BCUT2D eigenvalue weighted by Gasteiger charge is -2.09. The largest absolute Gasteiger partial charge is 0.496 e. The zero-order valence-corrected chi connectivity index (χ0v) is 9.57. The van der Waals surface area contributed by atoms with Crippen LogP contribution in [-0.2, 0) is 9.53 Å². The molecule has 0 spiro atoms. The van der Waals surface area contributed by atoms with Crippen molar-refractivity contribution in [2.45, 2.75) is 13.8 Å². The fraction of sp³-hybridized carbons (Fsp3) is 0.333. The Labute approximate surface area is 94.2 Å². The minimum atomic E-state index is -0.855. The van der Waals surface area contributed by atoms with Gasteiger partial charge in [0.2, 0.25) is 0 Å². The van der Waals surface area contributed by atoms with E-state index in [0.29, 0.717) is 5.75 Å². The Morgan fingerprint density at radius 3 is 2.56 bits per heavy atom. The van der Waals surface area contributed by atoms with Gasteiger partial charge in [-0.05, 0) is 25.5 Å². The summed E-state index contributed by atoms with van der Waals surface area (Å²) in [7, 11) is 1.46. The molecule has 0 aliphatic carbocycles. The van der Waals surface area contributed by atoms with Crippen LogP contribution in [0.2, 0.25) is 0 Å². The normalized spacial score (nSPS) is 9.69. The van der Waals surface area contributed by atoms with Crippen LogP contribution in [-0.4, -0.2) is 25.5 Å². The molecule has 0 N–H and O–H groups in total. The molecule has 0 heterocycles. The van der Waals surface area contributed by atoms with E-state index in [1.807, 2.05) is 0 Å². The van der Waals surface area contributed by atoms with Crippen molar-refractivity contribution in [3.05, 3.63) is 29.3 Å². The van der Waals surface area contributed by atoms with Crippen molar-refractivity contribution in [1.29, 1.82) is 0 Å². The topological polar surface area (TPSA) is 52.6 Å². The molecular formula is C12H14O4. The first-order valence-corrected chi connectivity index (χ1v) is 4.96. The number of para-hydroxylation sites is 1. The Balaban J connectivity index is 3.08. The molecule has 0 atom stereocenters. The molecular weight excluding hydrogens is 208 g/mol. The standard InChI is InChI=1S/C12H14O4/c1-4-16-12(14)10(13)9-7-5-6-8(2)11(9)15-3/h5-7H,4H2,1-3H3. The predicted molar refractivity (Wildman–Crippen MR) is 58.7 cm³/mol. The van der Waals surface area contributed by atoms with E-state index in [-0.39, 0.29) is 12.2 Å². The second-order valence-electron chi connectivity index (χ2n) is 3.21. The maximum Gasteiger partial charge on any atom is 0.379 e. The van der Waals surface area contributed by atoms with E-state index >= 15 is 0 Å². The molecule has 1 aromatic rings. The quantitative estimate of drug-likeness (QED) is 0.442. The highest BCUT2D eigenvalue weighted by Gasteiger charge is 2.22. The summed E-state index contributed by atoms with van der Waals surface area (Å²) in [6, 6.07) is 5.05. The summed E-state index contributed by atoms with van der Waals surface area (Å²) in [6.07, 6.45) is 0. The summed E-state index contributed by atoms with van der Waals surface area (Å²) in [5.74, 6) is -1.12. The lowest BCUT2D eigenvalue weighted by molar-refractivity contribution is -0.137. The molecule has 0 unspecified atom stereocenters. The van der Waals surface area contributed by atoms with Crippen LogP contribution in [0.5, 0.6) is 5.75 Å². The molecule has 0 saturated carbocycles. The van der Waals surface area contributed by atoms with E-state index in [1.54, 1.807) is 32.0 Å². The predicted octanol–water partition coefficient (Wildman–Crippen LogP) is 1.75. The van der Waals surface area contributed by atoms with E-state index in [1.165, 1.54) is 7.11 Å². The number of esters is 1. The van der Waals surface area contributed by atoms with Crippen LogP contribution in [0.4, 0.5) is 0 Å². The third kappa shape index (κ3) is 2.39. The van der Waals surface area contributed by atoms with Crippen LogP contribution in [0.1, 0.15) is 22.8 Å². The number of carbonyl (C=O) groups is 2. The van der Waals surface area contributed by atoms with Gasteiger partial charge in [0.15, 0.2) is 0 Å². The molecule has 0 fully saturated rings. The monoisotopic (exact) mass is 222 g/mol. The molecule has 16 heavy (non-hydrogen) atoms. The van der Waals surface area contributed by atoms with Gasteiger partial charge in [-0.2, -0.15) is 0 Å². The summed E-state index contributed by atoms with van der Waals surface area (Å²) in [5, 5.41) is 0. The van der Waals surface area contributed by atoms with Crippen LogP contribution < -0.4 is 4.74 Å². The molecule has 0 radical (unpaired) electrons. The van der Waals surface area contributed by atoms with Crippen molar-refractivity contribution < 1.29 is 19.1 Å². The second kappa shape index (κ2) is 5.30. The molecule has 1 rings (SSSR count). The Morgan fingerprint density at radius 2 is 2.00 bits per heavy atom. The van der Waals surface area contributed by atoms with E-state index < -0.39 is 11.8 Å². The Morgan fingerprint density at radius 1 is 1.31 bits per heavy atom. The number of hydrogen-bond donors (Lipinski definition) is 0. The average molecular weight is 222 g/mol. The zero-order chi connectivity index (χ0) is 12.1. The van der Waals surface area contributed by atoms with Gasteiger partial charge in [-0.1, -0.05) is 12.1 Å². The van der Waals surface area contributed by atoms with Gasteiger partial charge in [0.25, 0.3) is 5.78 Å². The number of carbonyl (C=O) groups excluding carboxylic acids is 2. The highest BCUT2D eigenvalue weighted by molar-refractivity contribution is 6.41. The first-order valence-electron chi connectivity index (χ1n) is 4.96. The number of ketones is 1. The molecule has 0 aliphatic rings. The fourth-order valence-corrected chi connectivity index (χ4v) is 1.41. The van der Waals surface area contributed by atoms with Gasteiger partial charge in [0.05, 0.1) is 19.3 Å². The Kier molecular flexibility index (Phi) is 4.05. The van der Waals surface area contributed by atoms with Gasteiger partial charge >= 0.3 is 5.97 Å². The molecule has 0 saturated heterocycles. The lowest BCUT2D eigenvalue weighted by atomic mass is 10.1. The van der Waals surface area contributed by atoms with Gasteiger partial charge in [-0.3, -0.25) is 4.79 Å².